The summed E-state index contributed by atoms with van der Waals surface area (Å²) in [5.41, 5.74) is 0. The Labute approximate surface area is 54.0 Å². The second-order valence-electron chi connectivity index (χ2n) is 0.343. The molecule has 0 amide bonds. The first-order valence-corrected chi connectivity index (χ1v) is 2.05. The molecule has 0 atom stereocenters. The molecular weight excluding hydrogens is 119 g/mol. The Kier molecular flexibility index (Phi) is 8.48. The molecule has 0 saturated heterocycles. The first-order chi connectivity index (χ1) is 2.27. The maximum Gasteiger partial charge on any atom is 2.00 e. The van der Waals surface area contributed by atoms with E-state index in [1.165, 1.54) is 0 Å². The van der Waals surface area contributed by atoms with Gasteiger partial charge in [-0.05, 0) is 0 Å². The van der Waals surface area contributed by atoms with E-state index < -0.39 is 9.17 Å². The van der Waals surface area contributed by atoms with Gasteiger partial charge in [0.1, 0.15) is 0 Å². The molecule has 0 aliphatic carbocycles. The number of halogens is 1. The third-order valence-corrected chi connectivity index (χ3v) is 0.198. The van der Waals surface area contributed by atoms with Crippen LogP contribution in [0, 0.1) is 0 Å². The predicted octanol–water partition coefficient (Wildman–Crippen LogP) is -0.861. The van der Waals surface area contributed by atoms with E-state index in [0.29, 0.717) is 0 Å². The minimum absolute atomic E-state index is 0. The van der Waals surface area contributed by atoms with Gasteiger partial charge in [-0.2, -0.15) is 0 Å². The van der Waals surface area contributed by atoms with Gasteiger partial charge < -0.3 is 7.65 Å². The molecule has 34 valence electrons. The van der Waals surface area contributed by atoms with Crippen LogP contribution in [0.4, 0.5) is 4.53 Å². The average molecular weight is 122 g/mol. The molecule has 0 aromatic heterocycles. The minimum Gasteiger partial charge on any atom is -1.00 e. The molecule has 0 unspecified atom stereocenters. The Hall–Kier alpha value is 0.313. The Balaban J connectivity index is -0.0000000267. The number of hydrogen-bond acceptors (Lipinski definition) is 2. The summed E-state index contributed by atoms with van der Waals surface area (Å²) in [6, 6.07) is 0. The molecule has 0 aromatic carbocycles. The van der Waals surface area contributed by atoms with Crippen LogP contribution < -0.4 is 0 Å². The van der Waals surface area contributed by atoms with Crippen LogP contribution in [0.1, 0.15) is 2.85 Å². The molecule has 0 spiro atoms. The molecule has 0 aliphatic heterocycles. The van der Waals surface area contributed by atoms with Gasteiger partial charge in [0.15, 0.2) is 0 Å². The fourth-order valence-electron chi connectivity index (χ4n) is 0. The van der Waals surface area contributed by atoms with E-state index in [9.17, 15) is 4.53 Å². The Morgan fingerprint density at radius 2 is 2.17 bits per heavy atom. The fraction of sp³-hybridized carbons (Fsp3) is 0. The van der Waals surface area contributed by atoms with Crippen LogP contribution in [0.2, 0.25) is 0 Å². The number of rotatable bonds is 1. The van der Waals surface area contributed by atoms with Gasteiger partial charge in [-0.25, -0.2) is 0 Å². The van der Waals surface area contributed by atoms with Crippen LogP contribution in [0.5, 0.6) is 0 Å². The van der Waals surface area contributed by atoms with Gasteiger partial charge in [-0.15, -0.1) is 0 Å². The maximum absolute atomic E-state index is 10.1. The Morgan fingerprint density at radius 3 is 2.17 bits per heavy atom. The van der Waals surface area contributed by atoms with Gasteiger partial charge in [-0.3, -0.25) is 9.09 Å². The van der Waals surface area contributed by atoms with Crippen molar-refractivity contribution >= 4 is 32.2 Å². The average Bonchev–Trinajstić information content (AvgIpc) is 1.38. The Bertz CT molecular complexity index is 52.5. The zero-order valence-electron chi connectivity index (χ0n) is 4.85. The third-order valence-electron chi connectivity index (χ3n) is 0.0660. The monoisotopic (exact) mass is 122 g/mol. The van der Waals surface area contributed by atoms with Crippen LogP contribution in [0.15, 0.2) is 0 Å². The van der Waals surface area contributed by atoms with E-state index in [1.54, 1.807) is 0 Å². The van der Waals surface area contributed by atoms with E-state index >= 15 is 0 Å². The molecule has 0 rings (SSSR count). The molecule has 1 N–H and O–H groups in total. The largest absolute Gasteiger partial charge is 2.00 e. The molecule has 0 radical (unpaired) electrons. The van der Waals surface area contributed by atoms with Crippen LogP contribution in [-0.4, -0.2) is 37.0 Å². The standard InChI is InChI=1S/FHO3Si.Mg.2H/c1-4-5(2)3;;;/h2H;;;/q;+2;2*-1. The number of hydrogen-bond donors (Lipinski definition) is 1. The normalized spacial score (nSPS) is 5.50. The van der Waals surface area contributed by atoms with Crippen molar-refractivity contribution in [1.82, 2.24) is 0 Å². The van der Waals surface area contributed by atoms with Crippen molar-refractivity contribution in [3.63, 3.8) is 0 Å². The van der Waals surface area contributed by atoms with E-state index in [2.05, 4.69) is 4.63 Å². The van der Waals surface area contributed by atoms with Crippen LogP contribution >= 0.6 is 0 Å². The van der Waals surface area contributed by atoms with Crippen molar-refractivity contribution in [2.24, 2.45) is 0 Å². The predicted molar refractivity (Wildman–Crippen MR) is 18.8 cm³/mol. The summed E-state index contributed by atoms with van der Waals surface area (Å²) in [7, 11) is -3.29. The Morgan fingerprint density at radius 1 is 2.00 bits per heavy atom. The van der Waals surface area contributed by atoms with E-state index in [0.717, 1.165) is 0 Å². The molecule has 6 heteroatoms. The van der Waals surface area contributed by atoms with Crippen molar-refractivity contribution in [3.8, 4) is 0 Å². The molecule has 0 saturated carbocycles. The van der Waals surface area contributed by atoms with Gasteiger partial charge in [0.05, 0.1) is 0 Å². The second kappa shape index (κ2) is 5.31. The van der Waals surface area contributed by atoms with E-state index in [4.69, 9.17) is 9.26 Å². The van der Waals surface area contributed by atoms with Gasteiger partial charge in [0.2, 0.25) is 0 Å². The van der Waals surface area contributed by atoms with Crippen molar-refractivity contribution in [2.45, 2.75) is 0 Å². The van der Waals surface area contributed by atoms with Gasteiger partial charge in [-0.1, -0.05) is 0 Å². The zero-order chi connectivity index (χ0) is 4.28. The molecular formula is H3FMgO3Si. The quantitative estimate of drug-likeness (QED) is 0.461. The first-order valence-electron chi connectivity index (χ1n) is 0.786. The molecule has 3 nitrogen and oxygen atoms in total. The summed E-state index contributed by atoms with van der Waals surface area (Å²) in [6.07, 6.45) is 0. The van der Waals surface area contributed by atoms with Crippen LogP contribution in [-0.2, 0) is 9.09 Å². The zero-order valence-corrected chi connectivity index (χ0v) is 5.26. The van der Waals surface area contributed by atoms with Gasteiger partial charge in [0, 0.05) is 4.53 Å². The van der Waals surface area contributed by atoms with Gasteiger partial charge in [0.25, 0.3) is 0 Å². The summed E-state index contributed by atoms with van der Waals surface area (Å²) in [5, 5.41) is 0. The van der Waals surface area contributed by atoms with Crippen molar-refractivity contribution in [1.29, 1.82) is 0 Å². The fourth-order valence-corrected chi connectivity index (χ4v) is 0. The van der Waals surface area contributed by atoms with E-state index in [-0.39, 0.29) is 25.9 Å². The SMILES string of the molecule is O=[Si](O)OF.[H-].[H-].[Mg+2]. The second-order valence-corrected chi connectivity index (χ2v) is 1.03. The molecule has 6 heavy (non-hydrogen) atoms. The van der Waals surface area contributed by atoms with Crippen LogP contribution in [0.25, 0.3) is 0 Å². The third kappa shape index (κ3) is 8.85. The smallest absolute Gasteiger partial charge is 1.00 e. The summed E-state index contributed by atoms with van der Waals surface area (Å²) in [4.78, 5) is 7.31. The summed E-state index contributed by atoms with van der Waals surface area (Å²) in [5.74, 6) is 0. The summed E-state index contributed by atoms with van der Waals surface area (Å²) >= 11 is 0. The molecule has 0 heterocycles. The molecule has 0 fully saturated rings. The summed E-state index contributed by atoms with van der Waals surface area (Å²) in [6.45, 7) is 0. The van der Waals surface area contributed by atoms with Crippen LogP contribution in [0.3, 0.4) is 0 Å². The van der Waals surface area contributed by atoms with Crippen molar-refractivity contribution in [3.05, 3.63) is 0 Å². The molecule has 0 aliphatic rings. The topological polar surface area (TPSA) is 46.5 Å². The van der Waals surface area contributed by atoms with E-state index in [1.807, 2.05) is 0 Å². The van der Waals surface area contributed by atoms with Crippen molar-refractivity contribution < 1.29 is 21.3 Å². The minimum atomic E-state index is -3.29. The van der Waals surface area contributed by atoms with Gasteiger partial charge >= 0.3 is 32.2 Å². The first kappa shape index (κ1) is 9.58. The maximum atomic E-state index is 10.1. The van der Waals surface area contributed by atoms with Crippen molar-refractivity contribution in [2.75, 3.05) is 0 Å². The summed E-state index contributed by atoms with van der Waals surface area (Å²) < 4.78 is 21.4. The molecule has 0 aromatic rings. The molecule has 0 bridgehead atoms.